The van der Waals surface area contributed by atoms with Gasteiger partial charge in [0.25, 0.3) is 0 Å². The zero-order chi connectivity index (χ0) is 11.7. The van der Waals surface area contributed by atoms with Crippen LogP contribution in [-0.2, 0) is 4.74 Å². The summed E-state index contributed by atoms with van der Waals surface area (Å²) in [4.78, 5) is 2.52. The summed E-state index contributed by atoms with van der Waals surface area (Å²) in [6.45, 7) is 2.81. The van der Waals surface area contributed by atoms with Crippen LogP contribution < -0.4 is 0 Å². The summed E-state index contributed by atoms with van der Waals surface area (Å²) in [6, 6.07) is 0.733. The van der Waals surface area contributed by atoms with Gasteiger partial charge in [0, 0.05) is 25.7 Å². The van der Waals surface area contributed by atoms with Crippen molar-refractivity contribution in [1.29, 1.82) is 0 Å². The molecule has 1 aliphatic carbocycles. The number of rotatable bonds is 1. The Balaban J connectivity index is 1.60. The standard InChI is InChI=1S/C14H25NO2/c16-13-11-15(12-5-2-1-3-6-12)9-8-14(13)7-4-10-17-14/h12-13,16H,1-11H2/t13-,14-/m0/s1. The Kier molecular flexibility index (Phi) is 3.42. The molecule has 2 aliphatic heterocycles. The van der Waals surface area contributed by atoms with Crippen molar-refractivity contribution in [1.82, 2.24) is 4.90 Å². The van der Waals surface area contributed by atoms with E-state index >= 15 is 0 Å². The van der Waals surface area contributed by atoms with Crippen LogP contribution in [0.4, 0.5) is 0 Å². The highest BCUT2D eigenvalue weighted by atomic mass is 16.5. The molecule has 0 aromatic carbocycles. The van der Waals surface area contributed by atoms with Crippen LogP contribution in [0.25, 0.3) is 0 Å². The molecule has 1 saturated carbocycles. The first kappa shape index (κ1) is 11.9. The van der Waals surface area contributed by atoms with Crippen LogP contribution >= 0.6 is 0 Å². The minimum absolute atomic E-state index is 0.175. The van der Waals surface area contributed by atoms with E-state index in [0.717, 1.165) is 45.0 Å². The lowest BCUT2D eigenvalue weighted by molar-refractivity contribution is -0.136. The summed E-state index contributed by atoms with van der Waals surface area (Å²) in [6.07, 6.45) is 9.78. The molecule has 2 heterocycles. The molecule has 0 aromatic heterocycles. The summed E-state index contributed by atoms with van der Waals surface area (Å²) < 4.78 is 5.85. The third-order valence-corrected chi connectivity index (χ3v) is 5.06. The highest BCUT2D eigenvalue weighted by Gasteiger charge is 2.46. The Labute approximate surface area is 104 Å². The molecule has 3 aliphatic rings. The fraction of sp³-hybridized carbons (Fsp3) is 1.00. The molecule has 0 aromatic rings. The van der Waals surface area contributed by atoms with E-state index in [0.29, 0.717) is 0 Å². The smallest absolute Gasteiger partial charge is 0.0965 e. The van der Waals surface area contributed by atoms with E-state index in [2.05, 4.69) is 4.90 Å². The van der Waals surface area contributed by atoms with Gasteiger partial charge in [0.1, 0.15) is 0 Å². The largest absolute Gasteiger partial charge is 0.389 e. The van der Waals surface area contributed by atoms with Gasteiger partial charge >= 0.3 is 0 Å². The second-order valence-electron chi connectivity index (χ2n) is 6.07. The lowest BCUT2D eigenvalue weighted by Gasteiger charge is -2.46. The van der Waals surface area contributed by atoms with Crippen LogP contribution in [0.2, 0.25) is 0 Å². The van der Waals surface area contributed by atoms with Crippen molar-refractivity contribution in [3.05, 3.63) is 0 Å². The van der Waals surface area contributed by atoms with Gasteiger partial charge in [0.05, 0.1) is 11.7 Å². The number of aliphatic hydroxyl groups is 1. The Bertz CT molecular complexity index is 257. The first-order chi connectivity index (χ1) is 8.30. The number of hydrogen-bond acceptors (Lipinski definition) is 3. The predicted molar refractivity (Wildman–Crippen MR) is 67.0 cm³/mol. The molecular weight excluding hydrogens is 214 g/mol. The predicted octanol–water partition coefficient (Wildman–Crippen LogP) is 1.93. The molecular formula is C14H25NO2. The van der Waals surface area contributed by atoms with E-state index in [1.807, 2.05) is 0 Å². The van der Waals surface area contributed by atoms with Gasteiger partial charge < -0.3 is 9.84 Å². The van der Waals surface area contributed by atoms with Crippen molar-refractivity contribution < 1.29 is 9.84 Å². The molecule has 17 heavy (non-hydrogen) atoms. The molecule has 0 unspecified atom stereocenters. The minimum Gasteiger partial charge on any atom is -0.389 e. The van der Waals surface area contributed by atoms with Crippen LogP contribution in [0.1, 0.15) is 51.4 Å². The summed E-state index contributed by atoms with van der Waals surface area (Å²) in [5, 5.41) is 10.4. The molecule has 98 valence electrons. The molecule has 0 radical (unpaired) electrons. The van der Waals surface area contributed by atoms with Gasteiger partial charge in [-0.15, -0.1) is 0 Å². The van der Waals surface area contributed by atoms with E-state index in [1.165, 1.54) is 32.1 Å². The number of piperidine rings is 1. The Morgan fingerprint density at radius 3 is 2.53 bits per heavy atom. The lowest BCUT2D eigenvalue weighted by atomic mass is 9.84. The topological polar surface area (TPSA) is 32.7 Å². The molecule has 3 fully saturated rings. The first-order valence-corrected chi connectivity index (χ1v) is 7.36. The van der Waals surface area contributed by atoms with Gasteiger partial charge in [-0.25, -0.2) is 0 Å². The van der Waals surface area contributed by atoms with Gasteiger partial charge in [0.2, 0.25) is 0 Å². The summed E-state index contributed by atoms with van der Waals surface area (Å²) >= 11 is 0. The maximum atomic E-state index is 10.4. The number of ether oxygens (including phenoxy) is 1. The molecule has 1 N–H and O–H groups in total. The van der Waals surface area contributed by atoms with Gasteiger partial charge in [-0.05, 0) is 32.1 Å². The van der Waals surface area contributed by atoms with Crippen molar-refractivity contribution in [2.75, 3.05) is 19.7 Å². The highest BCUT2D eigenvalue weighted by Crippen LogP contribution is 2.37. The van der Waals surface area contributed by atoms with E-state index in [9.17, 15) is 5.11 Å². The van der Waals surface area contributed by atoms with Gasteiger partial charge in [-0.2, -0.15) is 0 Å². The molecule has 0 bridgehead atoms. The van der Waals surface area contributed by atoms with Crippen LogP contribution in [0.3, 0.4) is 0 Å². The number of nitrogens with zero attached hydrogens (tertiary/aromatic N) is 1. The van der Waals surface area contributed by atoms with Crippen molar-refractivity contribution in [2.45, 2.75) is 69.1 Å². The number of likely N-dealkylation sites (tertiary alicyclic amines) is 1. The fourth-order valence-corrected chi connectivity index (χ4v) is 3.94. The Morgan fingerprint density at radius 2 is 1.88 bits per heavy atom. The second kappa shape index (κ2) is 4.87. The zero-order valence-electron chi connectivity index (χ0n) is 10.7. The van der Waals surface area contributed by atoms with E-state index in [1.54, 1.807) is 0 Å². The molecule has 1 spiro atoms. The second-order valence-corrected chi connectivity index (χ2v) is 6.07. The minimum atomic E-state index is -0.263. The van der Waals surface area contributed by atoms with Crippen molar-refractivity contribution in [2.24, 2.45) is 0 Å². The van der Waals surface area contributed by atoms with Crippen LogP contribution in [0.15, 0.2) is 0 Å². The third-order valence-electron chi connectivity index (χ3n) is 5.06. The number of aliphatic hydroxyl groups excluding tert-OH is 1. The van der Waals surface area contributed by atoms with Crippen molar-refractivity contribution >= 4 is 0 Å². The summed E-state index contributed by atoms with van der Waals surface area (Å²) in [7, 11) is 0. The van der Waals surface area contributed by atoms with Gasteiger partial charge in [0.15, 0.2) is 0 Å². The van der Waals surface area contributed by atoms with Crippen molar-refractivity contribution in [3.63, 3.8) is 0 Å². The van der Waals surface area contributed by atoms with Gasteiger partial charge in [-0.3, -0.25) is 4.90 Å². The molecule has 2 atom stereocenters. The summed E-state index contributed by atoms with van der Waals surface area (Å²) in [5.74, 6) is 0. The van der Waals surface area contributed by atoms with E-state index < -0.39 is 0 Å². The van der Waals surface area contributed by atoms with E-state index in [4.69, 9.17) is 4.74 Å². The molecule has 3 heteroatoms. The Morgan fingerprint density at radius 1 is 1.06 bits per heavy atom. The zero-order valence-corrected chi connectivity index (χ0v) is 10.7. The van der Waals surface area contributed by atoms with Crippen molar-refractivity contribution in [3.8, 4) is 0 Å². The van der Waals surface area contributed by atoms with Crippen LogP contribution in [0, 0.1) is 0 Å². The average Bonchev–Trinajstić information content (AvgIpc) is 2.84. The average molecular weight is 239 g/mol. The first-order valence-electron chi connectivity index (χ1n) is 7.36. The molecule has 3 rings (SSSR count). The Hall–Kier alpha value is -0.120. The van der Waals surface area contributed by atoms with Crippen LogP contribution in [-0.4, -0.2) is 47.4 Å². The maximum Gasteiger partial charge on any atom is 0.0965 e. The van der Waals surface area contributed by atoms with E-state index in [-0.39, 0.29) is 11.7 Å². The summed E-state index contributed by atoms with van der Waals surface area (Å²) in [5.41, 5.74) is -0.175. The molecule has 3 nitrogen and oxygen atoms in total. The quantitative estimate of drug-likeness (QED) is 0.759. The SMILES string of the molecule is O[C@H]1CN(C2CCCCC2)CC[C@@]12CCCO2. The number of hydrogen-bond donors (Lipinski definition) is 1. The highest BCUT2D eigenvalue weighted by molar-refractivity contribution is 4.98. The molecule has 0 amide bonds. The third kappa shape index (κ3) is 2.25. The lowest BCUT2D eigenvalue weighted by Crippen LogP contribution is -2.57. The van der Waals surface area contributed by atoms with Crippen LogP contribution in [0.5, 0.6) is 0 Å². The number of β-amino-alcohol motifs (C(OH)–C–C–N with tert-alkyl or cyclic N) is 1. The monoisotopic (exact) mass is 239 g/mol. The maximum absolute atomic E-state index is 10.4. The van der Waals surface area contributed by atoms with Gasteiger partial charge in [-0.1, -0.05) is 19.3 Å². The normalized spacial score (nSPS) is 41.1. The molecule has 2 saturated heterocycles. The fourth-order valence-electron chi connectivity index (χ4n) is 3.94.